The number of likely N-dealkylation sites (tertiary alicyclic amines) is 1. The minimum Gasteiger partial charge on any atom is -0.337 e. The summed E-state index contributed by atoms with van der Waals surface area (Å²) in [6.45, 7) is 5.79. The second-order valence-corrected chi connectivity index (χ2v) is 5.76. The summed E-state index contributed by atoms with van der Waals surface area (Å²) in [6, 6.07) is 0. The molecule has 2 saturated heterocycles. The number of aryl methyl sites for hydroxylation is 1. The lowest BCUT2D eigenvalue weighted by Gasteiger charge is -2.38. The van der Waals surface area contributed by atoms with Crippen molar-refractivity contribution >= 4 is 5.91 Å². The fourth-order valence-electron chi connectivity index (χ4n) is 3.07. The van der Waals surface area contributed by atoms with Gasteiger partial charge in [-0.1, -0.05) is 0 Å². The normalized spacial score (nSPS) is 21.8. The SMILES string of the molecule is Cc1cnc(C(=O)N2CCC3(CCNC3)CC2)cn1. The van der Waals surface area contributed by atoms with Gasteiger partial charge in [-0.05, 0) is 38.1 Å². The van der Waals surface area contributed by atoms with Crippen LogP contribution in [0.25, 0.3) is 0 Å². The van der Waals surface area contributed by atoms with Gasteiger partial charge < -0.3 is 10.2 Å². The van der Waals surface area contributed by atoms with Crippen LogP contribution in [0.5, 0.6) is 0 Å². The van der Waals surface area contributed by atoms with Gasteiger partial charge in [0, 0.05) is 25.8 Å². The summed E-state index contributed by atoms with van der Waals surface area (Å²) in [4.78, 5) is 22.6. The van der Waals surface area contributed by atoms with Crippen molar-refractivity contribution in [2.75, 3.05) is 26.2 Å². The van der Waals surface area contributed by atoms with Gasteiger partial charge in [0.1, 0.15) is 5.69 Å². The van der Waals surface area contributed by atoms with Crippen LogP contribution in [-0.2, 0) is 0 Å². The molecule has 0 saturated carbocycles. The first-order chi connectivity index (χ1) is 9.19. The Labute approximate surface area is 113 Å². The molecule has 1 amide bonds. The molecule has 3 rings (SSSR count). The Morgan fingerprint density at radius 3 is 2.63 bits per heavy atom. The Morgan fingerprint density at radius 1 is 1.26 bits per heavy atom. The van der Waals surface area contributed by atoms with E-state index in [-0.39, 0.29) is 5.91 Å². The van der Waals surface area contributed by atoms with E-state index in [1.165, 1.54) is 6.42 Å². The van der Waals surface area contributed by atoms with E-state index in [1.54, 1.807) is 12.4 Å². The first-order valence-corrected chi connectivity index (χ1v) is 6.97. The summed E-state index contributed by atoms with van der Waals surface area (Å²) in [5, 5.41) is 3.44. The second-order valence-electron chi connectivity index (χ2n) is 5.76. The molecule has 0 bridgehead atoms. The molecule has 5 nitrogen and oxygen atoms in total. The first kappa shape index (κ1) is 12.5. The van der Waals surface area contributed by atoms with Crippen LogP contribution < -0.4 is 5.32 Å². The molecule has 0 atom stereocenters. The molecule has 3 heterocycles. The monoisotopic (exact) mass is 260 g/mol. The smallest absolute Gasteiger partial charge is 0.274 e. The van der Waals surface area contributed by atoms with Crippen molar-refractivity contribution in [3.63, 3.8) is 0 Å². The molecule has 1 aromatic heterocycles. The van der Waals surface area contributed by atoms with E-state index >= 15 is 0 Å². The zero-order valence-corrected chi connectivity index (χ0v) is 11.4. The molecule has 0 radical (unpaired) electrons. The maximum atomic E-state index is 12.3. The van der Waals surface area contributed by atoms with Gasteiger partial charge in [0.15, 0.2) is 0 Å². The highest BCUT2D eigenvalue weighted by atomic mass is 16.2. The highest BCUT2D eigenvalue weighted by Crippen LogP contribution is 2.37. The number of amides is 1. The van der Waals surface area contributed by atoms with Crippen LogP contribution >= 0.6 is 0 Å². The number of rotatable bonds is 1. The quantitative estimate of drug-likeness (QED) is 0.818. The summed E-state index contributed by atoms with van der Waals surface area (Å²) in [5.41, 5.74) is 1.74. The third-order valence-electron chi connectivity index (χ3n) is 4.44. The van der Waals surface area contributed by atoms with Crippen molar-refractivity contribution in [1.29, 1.82) is 0 Å². The van der Waals surface area contributed by atoms with Gasteiger partial charge in [-0.2, -0.15) is 0 Å². The molecule has 19 heavy (non-hydrogen) atoms. The van der Waals surface area contributed by atoms with Crippen LogP contribution in [0.1, 0.15) is 35.4 Å². The summed E-state index contributed by atoms with van der Waals surface area (Å²) in [6.07, 6.45) is 6.69. The van der Waals surface area contributed by atoms with Crippen molar-refractivity contribution < 1.29 is 4.79 Å². The molecule has 1 aromatic rings. The first-order valence-electron chi connectivity index (χ1n) is 6.97. The Hall–Kier alpha value is -1.49. The van der Waals surface area contributed by atoms with Crippen LogP contribution in [0, 0.1) is 12.3 Å². The van der Waals surface area contributed by atoms with Crippen LogP contribution in [0.2, 0.25) is 0 Å². The topological polar surface area (TPSA) is 58.1 Å². The minimum absolute atomic E-state index is 0.0216. The fraction of sp³-hybridized carbons (Fsp3) is 0.643. The van der Waals surface area contributed by atoms with Gasteiger partial charge in [0.25, 0.3) is 5.91 Å². The molecule has 102 valence electrons. The lowest BCUT2D eigenvalue weighted by Crippen LogP contribution is -2.44. The molecule has 0 aliphatic carbocycles. The molecular weight excluding hydrogens is 240 g/mol. The van der Waals surface area contributed by atoms with Crippen molar-refractivity contribution in [2.45, 2.75) is 26.2 Å². The number of nitrogens with one attached hydrogen (secondary N) is 1. The van der Waals surface area contributed by atoms with E-state index in [4.69, 9.17) is 0 Å². The van der Waals surface area contributed by atoms with E-state index in [0.29, 0.717) is 11.1 Å². The average molecular weight is 260 g/mol. The molecule has 1 spiro atoms. The molecule has 0 aromatic carbocycles. The van der Waals surface area contributed by atoms with Gasteiger partial charge >= 0.3 is 0 Å². The van der Waals surface area contributed by atoms with Crippen LogP contribution in [0.4, 0.5) is 0 Å². The highest BCUT2D eigenvalue weighted by molar-refractivity contribution is 5.92. The van der Waals surface area contributed by atoms with Gasteiger partial charge in [-0.25, -0.2) is 4.98 Å². The third-order valence-corrected chi connectivity index (χ3v) is 4.44. The maximum absolute atomic E-state index is 12.3. The lowest BCUT2D eigenvalue weighted by atomic mass is 9.78. The molecule has 2 aliphatic heterocycles. The maximum Gasteiger partial charge on any atom is 0.274 e. The molecule has 2 aliphatic rings. The van der Waals surface area contributed by atoms with Gasteiger partial charge in [0.2, 0.25) is 0 Å². The number of carbonyl (C=O) groups excluding carboxylic acids is 1. The molecule has 0 unspecified atom stereocenters. The van der Waals surface area contributed by atoms with Crippen LogP contribution in [0.15, 0.2) is 12.4 Å². The lowest BCUT2D eigenvalue weighted by molar-refractivity contribution is 0.0601. The second kappa shape index (κ2) is 4.89. The Morgan fingerprint density at radius 2 is 2.05 bits per heavy atom. The van der Waals surface area contributed by atoms with E-state index in [1.807, 2.05) is 11.8 Å². The minimum atomic E-state index is 0.0216. The fourth-order valence-corrected chi connectivity index (χ4v) is 3.07. The summed E-state index contributed by atoms with van der Waals surface area (Å²) >= 11 is 0. The summed E-state index contributed by atoms with van der Waals surface area (Å²) < 4.78 is 0. The largest absolute Gasteiger partial charge is 0.337 e. The molecule has 5 heteroatoms. The number of aromatic nitrogens is 2. The van der Waals surface area contributed by atoms with E-state index in [2.05, 4.69) is 15.3 Å². The van der Waals surface area contributed by atoms with Crippen molar-refractivity contribution in [2.24, 2.45) is 5.41 Å². The molecular formula is C14H20N4O. The Balaban J connectivity index is 1.64. The average Bonchev–Trinajstić information content (AvgIpc) is 2.88. The number of hydrogen-bond donors (Lipinski definition) is 1. The standard InChI is InChI=1S/C14H20N4O/c1-11-8-17-12(9-16-11)13(19)18-6-3-14(4-7-18)2-5-15-10-14/h8-9,15H,2-7,10H2,1H3. The summed E-state index contributed by atoms with van der Waals surface area (Å²) in [5.74, 6) is 0.0216. The predicted molar refractivity (Wildman–Crippen MR) is 71.8 cm³/mol. The number of piperidine rings is 1. The third kappa shape index (κ3) is 2.47. The van der Waals surface area contributed by atoms with Gasteiger partial charge in [-0.3, -0.25) is 9.78 Å². The predicted octanol–water partition coefficient (Wildman–Crippen LogP) is 1.00. The van der Waals surface area contributed by atoms with Crippen LogP contribution in [-0.4, -0.2) is 47.0 Å². The van der Waals surface area contributed by atoms with Crippen LogP contribution in [0.3, 0.4) is 0 Å². The van der Waals surface area contributed by atoms with E-state index in [9.17, 15) is 4.79 Å². The van der Waals surface area contributed by atoms with E-state index in [0.717, 1.165) is 44.7 Å². The number of nitrogens with zero attached hydrogens (tertiary/aromatic N) is 3. The Bertz CT molecular complexity index is 455. The van der Waals surface area contributed by atoms with Gasteiger partial charge in [-0.15, -0.1) is 0 Å². The highest BCUT2D eigenvalue weighted by Gasteiger charge is 2.38. The van der Waals surface area contributed by atoms with Crippen molar-refractivity contribution in [3.05, 3.63) is 23.8 Å². The zero-order chi connectivity index (χ0) is 13.3. The van der Waals surface area contributed by atoms with E-state index < -0.39 is 0 Å². The van der Waals surface area contributed by atoms with Crippen molar-refractivity contribution in [3.8, 4) is 0 Å². The molecule has 1 N–H and O–H groups in total. The zero-order valence-electron chi connectivity index (χ0n) is 11.4. The van der Waals surface area contributed by atoms with Crippen molar-refractivity contribution in [1.82, 2.24) is 20.2 Å². The Kier molecular flexibility index (Phi) is 3.22. The summed E-state index contributed by atoms with van der Waals surface area (Å²) in [7, 11) is 0. The number of carbonyl (C=O) groups is 1. The van der Waals surface area contributed by atoms with Gasteiger partial charge in [0.05, 0.1) is 11.9 Å². The molecule has 2 fully saturated rings. The number of hydrogen-bond acceptors (Lipinski definition) is 4.